The Morgan fingerprint density at radius 3 is 2.41 bits per heavy atom. The van der Waals surface area contributed by atoms with Gasteiger partial charge in [-0.25, -0.2) is 4.39 Å². The van der Waals surface area contributed by atoms with E-state index in [0.717, 1.165) is 5.56 Å². The van der Waals surface area contributed by atoms with E-state index in [1.807, 2.05) is 6.92 Å². The number of rotatable bonds is 4. The Kier molecular flexibility index (Phi) is 4.97. The summed E-state index contributed by atoms with van der Waals surface area (Å²) in [5.41, 5.74) is 2.01. The van der Waals surface area contributed by atoms with E-state index in [2.05, 4.69) is 25.9 Å². The summed E-state index contributed by atoms with van der Waals surface area (Å²) in [5, 5.41) is 3.87. The SMILES string of the molecule is CC(=NNS(=O)(=O)c1ccc(C)cc1)c1ccc(F)c(Br)c1. The number of hydrogen-bond donors (Lipinski definition) is 1. The maximum Gasteiger partial charge on any atom is 0.276 e. The Hall–Kier alpha value is -1.73. The maximum absolute atomic E-state index is 13.2. The zero-order valence-corrected chi connectivity index (χ0v) is 14.4. The van der Waals surface area contributed by atoms with E-state index in [1.165, 1.54) is 30.3 Å². The number of nitrogens with zero attached hydrogens (tertiary/aromatic N) is 1. The third-order valence-corrected chi connectivity index (χ3v) is 4.83. The van der Waals surface area contributed by atoms with Crippen molar-refractivity contribution in [3.63, 3.8) is 0 Å². The fourth-order valence-electron chi connectivity index (χ4n) is 1.68. The van der Waals surface area contributed by atoms with Gasteiger partial charge >= 0.3 is 0 Å². The number of hydrazone groups is 1. The van der Waals surface area contributed by atoms with Gasteiger partial charge in [-0.05, 0) is 59.6 Å². The largest absolute Gasteiger partial charge is 0.276 e. The van der Waals surface area contributed by atoms with Crippen molar-refractivity contribution >= 4 is 31.7 Å². The van der Waals surface area contributed by atoms with E-state index < -0.39 is 15.8 Å². The van der Waals surface area contributed by atoms with Crippen LogP contribution in [0, 0.1) is 12.7 Å². The monoisotopic (exact) mass is 384 g/mol. The smallest absolute Gasteiger partial charge is 0.206 e. The number of nitrogens with one attached hydrogen (secondary N) is 1. The third kappa shape index (κ3) is 3.92. The van der Waals surface area contributed by atoms with Crippen LogP contribution in [0.4, 0.5) is 4.39 Å². The van der Waals surface area contributed by atoms with Gasteiger partial charge in [-0.2, -0.15) is 18.4 Å². The van der Waals surface area contributed by atoms with E-state index >= 15 is 0 Å². The molecular formula is C15H14BrFN2O2S. The first kappa shape index (κ1) is 16.6. The molecule has 0 bridgehead atoms. The van der Waals surface area contributed by atoms with Crippen molar-refractivity contribution in [1.82, 2.24) is 4.83 Å². The van der Waals surface area contributed by atoms with Crippen molar-refractivity contribution in [1.29, 1.82) is 0 Å². The number of hydrogen-bond acceptors (Lipinski definition) is 3. The number of benzene rings is 2. The second-order valence-corrected chi connectivity index (χ2v) is 7.25. The van der Waals surface area contributed by atoms with Gasteiger partial charge in [-0.1, -0.05) is 23.8 Å². The van der Waals surface area contributed by atoms with Crippen LogP contribution in [0.5, 0.6) is 0 Å². The van der Waals surface area contributed by atoms with Crippen molar-refractivity contribution in [2.45, 2.75) is 18.7 Å². The van der Waals surface area contributed by atoms with Crippen LogP contribution in [-0.4, -0.2) is 14.1 Å². The highest BCUT2D eigenvalue weighted by atomic mass is 79.9. The summed E-state index contributed by atoms with van der Waals surface area (Å²) < 4.78 is 37.7. The molecular weight excluding hydrogens is 371 g/mol. The van der Waals surface area contributed by atoms with Gasteiger partial charge in [-0.3, -0.25) is 0 Å². The first-order valence-corrected chi connectivity index (χ1v) is 8.65. The molecule has 0 aliphatic carbocycles. The van der Waals surface area contributed by atoms with Crippen molar-refractivity contribution in [3.05, 3.63) is 63.9 Å². The Morgan fingerprint density at radius 1 is 1.18 bits per heavy atom. The first-order chi connectivity index (χ1) is 10.3. The predicted molar refractivity (Wildman–Crippen MR) is 87.8 cm³/mol. The molecule has 0 aromatic heterocycles. The molecule has 0 saturated heterocycles. The van der Waals surface area contributed by atoms with E-state index in [1.54, 1.807) is 19.1 Å². The van der Waals surface area contributed by atoms with Gasteiger partial charge in [0.15, 0.2) is 0 Å². The highest BCUT2D eigenvalue weighted by Gasteiger charge is 2.12. The lowest BCUT2D eigenvalue weighted by Crippen LogP contribution is -2.20. The molecule has 2 aromatic carbocycles. The lowest BCUT2D eigenvalue weighted by atomic mass is 10.1. The van der Waals surface area contributed by atoms with Gasteiger partial charge < -0.3 is 0 Å². The third-order valence-electron chi connectivity index (χ3n) is 3.00. The zero-order chi connectivity index (χ0) is 16.3. The second kappa shape index (κ2) is 6.58. The molecule has 0 fully saturated rings. The van der Waals surface area contributed by atoms with Crippen molar-refractivity contribution in [3.8, 4) is 0 Å². The summed E-state index contributed by atoms with van der Waals surface area (Å²) in [7, 11) is -3.72. The molecule has 0 unspecified atom stereocenters. The number of halogens is 2. The topological polar surface area (TPSA) is 58.5 Å². The van der Waals surface area contributed by atoms with Gasteiger partial charge in [0.1, 0.15) is 5.82 Å². The van der Waals surface area contributed by atoms with Gasteiger partial charge in [0, 0.05) is 0 Å². The van der Waals surface area contributed by atoms with Crippen molar-refractivity contribution in [2.75, 3.05) is 0 Å². The fraction of sp³-hybridized carbons (Fsp3) is 0.133. The van der Waals surface area contributed by atoms with Gasteiger partial charge in [0.2, 0.25) is 0 Å². The van der Waals surface area contributed by atoms with Crippen LogP contribution in [0.25, 0.3) is 0 Å². The molecule has 2 aromatic rings. The molecule has 0 radical (unpaired) electrons. The highest BCUT2D eigenvalue weighted by molar-refractivity contribution is 9.10. The van der Waals surface area contributed by atoms with Crippen LogP contribution in [0.3, 0.4) is 0 Å². The zero-order valence-electron chi connectivity index (χ0n) is 12.0. The van der Waals surface area contributed by atoms with Crippen LogP contribution in [0.2, 0.25) is 0 Å². The lowest BCUT2D eigenvalue weighted by molar-refractivity contribution is 0.584. The Balaban J connectivity index is 2.22. The average molecular weight is 385 g/mol. The van der Waals surface area contributed by atoms with Crippen LogP contribution >= 0.6 is 15.9 Å². The maximum atomic E-state index is 13.2. The predicted octanol–water partition coefficient (Wildman–Crippen LogP) is 3.60. The normalized spacial score (nSPS) is 12.3. The van der Waals surface area contributed by atoms with Crippen LogP contribution in [0.1, 0.15) is 18.1 Å². The van der Waals surface area contributed by atoms with E-state index in [9.17, 15) is 12.8 Å². The molecule has 4 nitrogen and oxygen atoms in total. The molecule has 0 amide bonds. The Morgan fingerprint density at radius 2 is 1.82 bits per heavy atom. The van der Waals surface area contributed by atoms with Crippen LogP contribution < -0.4 is 4.83 Å². The van der Waals surface area contributed by atoms with Crippen LogP contribution in [-0.2, 0) is 10.0 Å². The fourth-order valence-corrected chi connectivity index (χ4v) is 2.92. The number of sulfonamides is 1. The average Bonchev–Trinajstić information content (AvgIpc) is 2.48. The quantitative estimate of drug-likeness (QED) is 0.646. The number of aryl methyl sites for hydroxylation is 1. The molecule has 7 heteroatoms. The van der Waals surface area contributed by atoms with Gasteiger partial charge in [0.25, 0.3) is 10.0 Å². The van der Waals surface area contributed by atoms with E-state index in [-0.39, 0.29) is 4.90 Å². The molecule has 2 rings (SSSR count). The van der Waals surface area contributed by atoms with Gasteiger partial charge in [-0.15, -0.1) is 0 Å². The minimum atomic E-state index is -3.72. The summed E-state index contributed by atoms with van der Waals surface area (Å²) in [6.07, 6.45) is 0. The summed E-state index contributed by atoms with van der Waals surface area (Å²) in [5.74, 6) is -0.392. The van der Waals surface area contributed by atoms with Crippen LogP contribution in [0.15, 0.2) is 56.9 Å². The molecule has 0 atom stereocenters. The summed E-state index contributed by atoms with van der Waals surface area (Å²) >= 11 is 3.08. The molecule has 0 aliphatic heterocycles. The highest BCUT2D eigenvalue weighted by Crippen LogP contribution is 2.17. The molecule has 1 N–H and O–H groups in total. The molecule has 0 aliphatic rings. The summed E-state index contributed by atoms with van der Waals surface area (Å²) in [6, 6.07) is 10.8. The minimum absolute atomic E-state index is 0.134. The first-order valence-electron chi connectivity index (χ1n) is 6.38. The van der Waals surface area contributed by atoms with Crippen molar-refractivity contribution < 1.29 is 12.8 Å². The molecule has 22 heavy (non-hydrogen) atoms. The van der Waals surface area contributed by atoms with Crippen molar-refractivity contribution in [2.24, 2.45) is 5.10 Å². The Bertz CT molecular complexity index is 818. The molecule has 0 spiro atoms. The molecule has 0 saturated carbocycles. The van der Waals surface area contributed by atoms with Gasteiger partial charge in [0.05, 0.1) is 15.1 Å². The second-order valence-electron chi connectivity index (χ2n) is 4.73. The van der Waals surface area contributed by atoms with E-state index in [0.29, 0.717) is 15.7 Å². The Labute approximate surface area is 137 Å². The summed E-state index contributed by atoms with van der Waals surface area (Å²) in [4.78, 5) is 2.31. The molecule has 116 valence electrons. The lowest BCUT2D eigenvalue weighted by Gasteiger charge is -2.06. The molecule has 0 heterocycles. The summed E-state index contributed by atoms with van der Waals surface area (Å²) in [6.45, 7) is 3.51. The standard InChI is InChI=1S/C15H14BrFN2O2S/c1-10-3-6-13(7-4-10)22(20,21)19-18-11(2)12-5-8-15(17)14(16)9-12/h3-9,19H,1-2H3. The minimum Gasteiger partial charge on any atom is -0.206 e. The van der Waals surface area contributed by atoms with E-state index in [4.69, 9.17) is 0 Å².